The molecule has 0 saturated carbocycles. The summed E-state index contributed by atoms with van der Waals surface area (Å²) in [5, 5.41) is 2.73. The van der Waals surface area contributed by atoms with Crippen LogP contribution in [0.1, 0.15) is 12.7 Å². The summed E-state index contributed by atoms with van der Waals surface area (Å²) < 4.78 is 4.95. The van der Waals surface area contributed by atoms with Crippen LogP contribution in [0.15, 0.2) is 12.4 Å². The maximum Gasteiger partial charge on any atom is 0.246 e. The molecule has 0 aliphatic carbocycles. The molecule has 0 aromatic carbocycles. The van der Waals surface area contributed by atoms with Gasteiger partial charge in [-0.25, -0.2) is 4.98 Å². The average Bonchev–Trinajstić information content (AvgIpc) is 2.67. The van der Waals surface area contributed by atoms with Crippen LogP contribution in [0.25, 0.3) is 0 Å². The predicted molar refractivity (Wildman–Crippen MR) is 51.8 cm³/mol. The quantitative estimate of drug-likeness (QED) is 0.680. The Balaban J connectivity index is 2.06. The standard InChI is InChI=1S/C9H15N3O2/c1-2-14-7-9(13)12-4-3-8-10-5-6-11-8/h5-6H,2-4,7H2,1H3,(H,10,11)(H,12,13). The fourth-order valence-electron chi connectivity index (χ4n) is 1.00. The van der Waals surface area contributed by atoms with Crippen molar-refractivity contribution in [2.75, 3.05) is 19.8 Å². The van der Waals surface area contributed by atoms with E-state index in [1.807, 2.05) is 6.92 Å². The fraction of sp³-hybridized carbons (Fsp3) is 0.556. The summed E-state index contributed by atoms with van der Waals surface area (Å²) in [6, 6.07) is 0. The number of rotatable bonds is 6. The highest BCUT2D eigenvalue weighted by Gasteiger charge is 2.00. The molecule has 0 saturated heterocycles. The van der Waals surface area contributed by atoms with Gasteiger partial charge in [-0.1, -0.05) is 0 Å². The first-order chi connectivity index (χ1) is 6.83. The minimum Gasteiger partial charge on any atom is -0.372 e. The lowest BCUT2D eigenvalue weighted by molar-refractivity contribution is -0.125. The second-order valence-electron chi connectivity index (χ2n) is 2.77. The minimum atomic E-state index is -0.0848. The monoisotopic (exact) mass is 197 g/mol. The largest absolute Gasteiger partial charge is 0.372 e. The van der Waals surface area contributed by atoms with Crippen molar-refractivity contribution in [3.05, 3.63) is 18.2 Å². The van der Waals surface area contributed by atoms with Gasteiger partial charge in [0.2, 0.25) is 5.91 Å². The molecule has 0 bridgehead atoms. The molecule has 5 nitrogen and oxygen atoms in total. The number of hydrogen-bond donors (Lipinski definition) is 2. The lowest BCUT2D eigenvalue weighted by atomic mass is 10.4. The Morgan fingerprint density at radius 2 is 2.57 bits per heavy atom. The van der Waals surface area contributed by atoms with Gasteiger partial charge in [-0.2, -0.15) is 0 Å². The Bertz CT molecular complexity index is 259. The van der Waals surface area contributed by atoms with Gasteiger partial charge in [0.25, 0.3) is 0 Å². The first-order valence-corrected chi connectivity index (χ1v) is 4.65. The number of carbonyl (C=O) groups is 1. The van der Waals surface area contributed by atoms with Gasteiger partial charge in [0, 0.05) is 32.0 Å². The van der Waals surface area contributed by atoms with Gasteiger partial charge < -0.3 is 15.0 Å². The zero-order valence-corrected chi connectivity index (χ0v) is 8.25. The molecule has 0 spiro atoms. The van der Waals surface area contributed by atoms with Crippen LogP contribution in [-0.2, 0) is 16.0 Å². The molecule has 2 N–H and O–H groups in total. The summed E-state index contributed by atoms with van der Waals surface area (Å²) in [4.78, 5) is 18.1. The first kappa shape index (κ1) is 10.7. The normalized spacial score (nSPS) is 10.1. The number of imidazole rings is 1. The van der Waals surface area contributed by atoms with Crippen molar-refractivity contribution in [1.29, 1.82) is 0 Å². The maximum atomic E-state index is 11.1. The van der Waals surface area contributed by atoms with Gasteiger partial charge in [-0.15, -0.1) is 0 Å². The summed E-state index contributed by atoms with van der Waals surface area (Å²) in [5.41, 5.74) is 0. The molecule has 1 heterocycles. The van der Waals surface area contributed by atoms with Gasteiger partial charge in [0.05, 0.1) is 0 Å². The number of nitrogens with zero attached hydrogens (tertiary/aromatic N) is 1. The van der Waals surface area contributed by atoms with E-state index in [9.17, 15) is 4.79 Å². The van der Waals surface area contributed by atoms with E-state index in [4.69, 9.17) is 4.74 Å². The summed E-state index contributed by atoms with van der Waals surface area (Å²) in [6.07, 6.45) is 4.17. The Hall–Kier alpha value is -1.36. The first-order valence-electron chi connectivity index (χ1n) is 4.65. The fourth-order valence-corrected chi connectivity index (χ4v) is 1.00. The zero-order chi connectivity index (χ0) is 10.2. The SMILES string of the molecule is CCOCC(=O)NCCc1ncc[nH]1. The highest BCUT2D eigenvalue weighted by atomic mass is 16.5. The predicted octanol–water partition coefficient (Wildman–Crippen LogP) is 0.105. The van der Waals surface area contributed by atoms with Gasteiger partial charge in [-0.05, 0) is 6.92 Å². The third kappa shape index (κ3) is 4.04. The van der Waals surface area contributed by atoms with Crippen LogP contribution in [0.4, 0.5) is 0 Å². The summed E-state index contributed by atoms with van der Waals surface area (Å²) >= 11 is 0. The van der Waals surface area contributed by atoms with Crippen molar-refractivity contribution < 1.29 is 9.53 Å². The molecule has 0 unspecified atom stereocenters. The van der Waals surface area contributed by atoms with E-state index in [1.165, 1.54) is 0 Å². The third-order valence-electron chi connectivity index (χ3n) is 1.68. The Morgan fingerprint density at radius 3 is 3.21 bits per heavy atom. The van der Waals surface area contributed by atoms with Crippen LogP contribution < -0.4 is 5.32 Å². The molecule has 0 atom stereocenters. The van der Waals surface area contributed by atoms with E-state index in [0.717, 1.165) is 5.82 Å². The van der Waals surface area contributed by atoms with E-state index >= 15 is 0 Å². The van der Waals surface area contributed by atoms with Crippen LogP contribution in [0, 0.1) is 0 Å². The zero-order valence-electron chi connectivity index (χ0n) is 8.25. The van der Waals surface area contributed by atoms with Crippen LogP contribution in [0.2, 0.25) is 0 Å². The number of carbonyl (C=O) groups excluding carboxylic acids is 1. The number of amides is 1. The van der Waals surface area contributed by atoms with Crippen molar-refractivity contribution in [2.45, 2.75) is 13.3 Å². The van der Waals surface area contributed by atoms with Crippen LogP contribution in [0.5, 0.6) is 0 Å². The van der Waals surface area contributed by atoms with Crippen LogP contribution >= 0.6 is 0 Å². The molecule has 1 aromatic heterocycles. The summed E-state index contributed by atoms with van der Waals surface area (Å²) in [5.74, 6) is 0.792. The Morgan fingerprint density at radius 1 is 1.71 bits per heavy atom. The van der Waals surface area contributed by atoms with E-state index < -0.39 is 0 Å². The Kier molecular flexibility index (Phi) is 4.71. The van der Waals surface area contributed by atoms with Gasteiger partial charge >= 0.3 is 0 Å². The molecular weight excluding hydrogens is 182 g/mol. The minimum absolute atomic E-state index is 0.0848. The van der Waals surface area contributed by atoms with Gasteiger partial charge in [0.1, 0.15) is 12.4 Å². The lowest BCUT2D eigenvalue weighted by Gasteiger charge is -2.03. The number of hydrogen-bond acceptors (Lipinski definition) is 3. The molecule has 78 valence electrons. The van der Waals surface area contributed by atoms with E-state index in [-0.39, 0.29) is 12.5 Å². The molecular formula is C9H15N3O2. The van der Waals surface area contributed by atoms with Crippen molar-refractivity contribution in [1.82, 2.24) is 15.3 Å². The number of aromatic amines is 1. The topological polar surface area (TPSA) is 67.0 Å². The molecule has 0 radical (unpaired) electrons. The molecule has 14 heavy (non-hydrogen) atoms. The van der Waals surface area contributed by atoms with E-state index in [1.54, 1.807) is 12.4 Å². The van der Waals surface area contributed by atoms with Crippen molar-refractivity contribution in [3.63, 3.8) is 0 Å². The molecule has 1 amide bonds. The average molecular weight is 197 g/mol. The highest BCUT2D eigenvalue weighted by Crippen LogP contribution is 1.87. The maximum absolute atomic E-state index is 11.1. The van der Waals surface area contributed by atoms with E-state index in [2.05, 4.69) is 15.3 Å². The number of nitrogens with one attached hydrogen (secondary N) is 2. The second-order valence-corrected chi connectivity index (χ2v) is 2.77. The molecule has 1 aromatic rings. The number of ether oxygens (including phenoxy) is 1. The van der Waals surface area contributed by atoms with Crippen LogP contribution in [-0.4, -0.2) is 35.6 Å². The smallest absolute Gasteiger partial charge is 0.246 e. The highest BCUT2D eigenvalue weighted by molar-refractivity contribution is 5.77. The second kappa shape index (κ2) is 6.15. The molecule has 0 aliphatic heterocycles. The molecule has 5 heteroatoms. The van der Waals surface area contributed by atoms with Crippen molar-refractivity contribution in [2.24, 2.45) is 0 Å². The van der Waals surface area contributed by atoms with Gasteiger partial charge in [0.15, 0.2) is 0 Å². The lowest BCUT2D eigenvalue weighted by Crippen LogP contribution is -2.29. The van der Waals surface area contributed by atoms with Crippen LogP contribution in [0.3, 0.4) is 0 Å². The Labute approximate surface area is 82.9 Å². The van der Waals surface area contributed by atoms with Gasteiger partial charge in [-0.3, -0.25) is 4.79 Å². The summed E-state index contributed by atoms with van der Waals surface area (Å²) in [7, 11) is 0. The van der Waals surface area contributed by atoms with Crippen molar-refractivity contribution >= 4 is 5.91 Å². The van der Waals surface area contributed by atoms with E-state index in [0.29, 0.717) is 19.6 Å². The number of H-pyrrole nitrogens is 1. The molecule has 1 rings (SSSR count). The molecule has 0 aliphatic rings. The summed E-state index contributed by atoms with van der Waals surface area (Å²) in [6.45, 7) is 3.13. The molecule has 0 fully saturated rings. The number of aromatic nitrogens is 2. The van der Waals surface area contributed by atoms with Crippen molar-refractivity contribution in [3.8, 4) is 0 Å². The third-order valence-corrected chi connectivity index (χ3v) is 1.68.